The molecule has 0 radical (unpaired) electrons. The second-order valence-electron chi connectivity index (χ2n) is 11.5. The van der Waals surface area contributed by atoms with Gasteiger partial charge in [0, 0.05) is 51.6 Å². The number of allylic oxidation sites excluding steroid dienone is 3. The summed E-state index contributed by atoms with van der Waals surface area (Å²) in [6.07, 6.45) is 2.04. The summed E-state index contributed by atoms with van der Waals surface area (Å²) in [6, 6.07) is 5.70. The normalized spacial score (nSPS) is 15.6. The van der Waals surface area contributed by atoms with Crippen LogP contribution in [0.1, 0.15) is 104 Å². The van der Waals surface area contributed by atoms with Crippen LogP contribution in [0.2, 0.25) is 0 Å². The van der Waals surface area contributed by atoms with Gasteiger partial charge in [-0.05, 0) is 74.1 Å². The van der Waals surface area contributed by atoms with Gasteiger partial charge in [-0.15, -0.1) is 0 Å². The van der Waals surface area contributed by atoms with Gasteiger partial charge in [-0.25, -0.2) is 9.78 Å². The monoisotopic (exact) mass is 644 g/mol. The number of carboxylic acid groups (broad SMARTS) is 3. The number of hydrogen-bond donors (Lipinski definition) is 5. The topological polar surface area (TPSA) is 169 Å². The number of hydrogen-bond acceptors (Lipinski definition) is 5. The minimum absolute atomic E-state index is 0. The van der Waals surface area contributed by atoms with Gasteiger partial charge >= 0.3 is 77.0 Å². The third-order valence-corrected chi connectivity index (χ3v) is 8.95. The second kappa shape index (κ2) is 14.8. The van der Waals surface area contributed by atoms with E-state index >= 15 is 0 Å². The minimum Gasteiger partial charge on any atom is -1.00 e. The Bertz CT molecular complexity index is 1970. The molecule has 3 aromatic heterocycles. The Kier molecular flexibility index (Phi) is 12.1. The SMILES string of the molecule is C=CC1=C(C)c2cc3nc(c(CC(=O)O)c4[nH]c(cc5[nH]c(cc1n2)c(C)c5CC)c(C)c4C(=O)O)[C@@H](CCC(=O)O)[C@@H]3C.[H-].[H-].[Na+].[Na+]. The molecule has 0 saturated heterocycles. The van der Waals surface area contributed by atoms with Crippen LogP contribution in [0.25, 0.3) is 33.2 Å². The van der Waals surface area contributed by atoms with E-state index in [1.807, 2.05) is 45.9 Å². The molecule has 0 fully saturated rings. The second-order valence-corrected chi connectivity index (χ2v) is 11.5. The molecule has 10 nitrogen and oxygen atoms in total. The molecule has 0 unspecified atom stereocenters. The number of nitrogens with zero attached hydrogens (tertiary/aromatic N) is 2. The number of aryl methyl sites for hydroxylation is 3. The number of rotatable bonds is 8. The van der Waals surface area contributed by atoms with E-state index in [2.05, 4.69) is 16.5 Å². The van der Waals surface area contributed by atoms with Gasteiger partial charge in [0.2, 0.25) is 0 Å². The molecular weight excluding hydrogens is 606 g/mol. The molecule has 232 valence electrons. The first-order valence-electron chi connectivity index (χ1n) is 14.6. The van der Waals surface area contributed by atoms with E-state index in [9.17, 15) is 29.7 Å². The molecule has 0 aromatic carbocycles. The van der Waals surface area contributed by atoms with Crippen molar-refractivity contribution >= 4 is 51.1 Å². The zero-order chi connectivity index (χ0) is 32.0. The predicted molar refractivity (Wildman–Crippen MR) is 171 cm³/mol. The van der Waals surface area contributed by atoms with Crippen LogP contribution < -0.4 is 59.1 Å². The molecule has 5 heterocycles. The number of carbonyl (C=O) groups is 3. The molecule has 2 aliphatic heterocycles. The van der Waals surface area contributed by atoms with E-state index in [0.29, 0.717) is 28.2 Å². The summed E-state index contributed by atoms with van der Waals surface area (Å²) in [7, 11) is 0. The summed E-state index contributed by atoms with van der Waals surface area (Å²) in [5.74, 6) is -4.08. The third-order valence-electron chi connectivity index (χ3n) is 8.95. The van der Waals surface area contributed by atoms with Crippen molar-refractivity contribution in [2.75, 3.05) is 0 Å². The summed E-state index contributed by atoms with van der Waals surface area (Å²) in [4.78, 5) is 53.2. The van der Waals surface area contributed by atoms with Crippen molar-refractivity contribution in [2.24, 2.45) is 0 Å². The van der Waals surface area contributed by atoms with Gasteiger partial charge in [-0.2, -0.15) is 0 Å². The summed E-state index contributed by atoms with van der Waals surface area (Å²) < 4.78 is 0. The Labute approximate surface area is 314 Å². The summed E-state index contributed by atoms with van der Waals surface area (Å²) in [5, 5.41) is 29.9. The maximum Gasteiger partial charge on any atom is 1.00 e. The number of aromatic nitrogens is 4. The summed E-state index contributed by atoms with van der Waals surface area (Å²) in [6.45, 7) is 13.7. The molecular formula is C34H38N4Na2O6. The Morgan fingerprint density at radius 1 is 0.913 bits per heavy atom. The number of nitrogens with one attached hydrogen (secondary N) is 2. The number of carboxylic acids is 3. The Morgan fingerprint density at radius 3 is 2.17 bits per heavy atom. The molecule has 2 atom stereocenters. The zero-order valence-corrected chi connectivity index (χ0v) is 31.5. The smallest absolute Gasteiger partial charge is 1.00 e. The van der Waals surface area contributed by atoms with Crippen molar-refractivity contribution < 1.29 is 91.7 Å². The van der Waals surface area contributed by atoms with Crippen molar-refractivity contribution in [1.29, 1.82) is 0 Å². The van der Waals surface area contributed by atoms with Crippen LogP contribution in [0.4, 0.5) is 0 Å². The zero-order valence-electron chi connectivity index (χ0n) is 29.5. The first-order chi connectivity index (χ1) is 20.9. The maximum atomic E-state index is 12.7. The molecule has 46 heavy (non-hydrogen) atoms. The average molecular weight is 645 g/mol. The van der Waals surface area contributed by atoms with Gasteiger partial charge in [-0.3, -0.25) is 14.6 Å². The third kappa shape index (κ3) is 6.83. The standard InChI is InChI=1S/C34H36N4O6.2Na.2H/c1-7-19-15(3)23-12-25-17(5)21(9-10-29(39)40)32(37-25)22(11-30(41)42)33-31(34(43)44)18(6)26(38-33)14-28-20(8-2)16(4)24(36-28)13-27(19)35-23;;;;/h7,12-14,17,21,36,38H,1,8-11H2,2-6H3,(H,39,40)(H,41,42)(H,43,44);;;;/q;2*+1;2*-1/t17-,21-;;;;/m0..../s1. The number of H-pyrrole nitrogens is 2. The molecule has 2 aliphatic rings. The fraction of sp³-hybridized carbons (Fsp3) is 0.324. The molecule has 8 bridgehead atoms. The van der Waals surface area contributed by atoms with Crippen LogP contribution in [0.3, 0.4) is 0 Å². The van der Waals surface area contributed by atoms with Crippen molar-refractivity contribution in [2.45, 2.75) is 72.1 Å². The van der Waals surface area contributed by atoms with Crippen LogP contribution in [0.5, 0.6) is 0 Å². The van der Waals surface area contributed by atoms with Crippen molar-refractivity contribution in [3.8, 4) is 0 Å². The van der Waals surface area contributed by atoms with Gasteiger partial charge < -0.3 is 28.1 Å². The first kappa shape index (κ1) is 37.5. The first-order valence-corrected chi connectivity index (χ1v) is 14.6. The molecule has 0 aliphatic carbocycles. The van der Waals surface area contributed by atoms with Crippen molar-refractivity contribution in [1.82, 2.24) is 19.9 Å². The molecule has 0 saturated carbocycles. The van der Waals surface area contributed by atoms with Gasteiger partial charge in [0.05, 0.1) is 34.6 Å². The Balaban J connectivity index is 0.00000288. The van der Waals surface area contributed by atoms with Crippen LogP contribution in [-0.2, 0) is 22.4 Å². The van der Waals surface area contributed by atoms with Crippen LogP contribution in [0.15, 0.2) is 30.9 Å². The molecule has 3 aromatic rings. The molecule has 12 heteroatoms. The van der Waals surface area contributed by atoms with E-state index in [4.69, 9.17) is 9.97 Å². The van der Waals surface area contributed by atoms with E-state index in [0.717, 1.165) is 45.4 Å². The Hall–Kier alpha value is -2.99. The largest absolute Gasteiger partial charge is 1.00 e. The van der Waals surface area contributed by atoms with Gasteiger partial charge in [0.1, 0.15) is 0 Å². The number of fused-ring (bicyclic) bond motifs is 8. The van der Waals surface area contributed by atoms with Crippen molar-refractivity contribution in [3.05, 3.63) is 81.4 Å². The number of aromatic amines is 2. The molecule has 5 N–H and O–H groups in total. The predicted octanol–water partition coefficient (Wildman–Crippen LogP) is 0.921. The maximum absolute atomic E-state index is 12.7. The van der Waals surface area contributed by atoms with Crippen LogP contribution in [-0.4, -0.2) is 53.2 Å². The van der Waals surface area contributed by atoms with E-state index in [-0.39, 0.29) is 97.4 Å². The van der Waals surface area contributed by atoms with Gasteiger partial charge in [0.15, 0.2) is 0 Å². The Morgan fingerprint density at radius 2 is 1.59 bits per heavy atom. The van der Waals surface area contributed by atoms with Crippen LogP contribution >= 0.6 is 0 Å². The van der Waals surface area contributed by atoms with Crippen molar-refractivity contribution in [3.63, 3.8) is 0 Å². The summed E-state index contributed by atoms with van der Waals surface area (Å²) >= 11 is 0. The van der Waals surface area contributed by atoms with Gasteiger partial charge in [0.25, 0.3) is 0 Å². The summed E-state index contributed by atoms with van der Waals surface area (Å²) in [5.41, 5.74) is 9.27. The minimum atomic E-state index is -1.20. The van der Waals surface area contributed by atoms with E-state index < -0.39 is 30.2 Å². The number of aliphatic carboxylic acids is 2. The molecule has 0 spiro atoms. The fourth-order valence-electron chi connectivity index (χ4n) is 6.53. The van der Waals surface area contributed by atoms with E-state index in [1.54, 1.807) is 13.0 Å². The number of aromatic carboxylic acids is 1. The molecule has 5 rings (SSSR count). The quantitative estimate of drug-likeness (QED) is 0.226. The molecule has 0 amide bonds. The van der Waals surface area contributed by atoms with Gasteiger partial charge in [-0.1, -0.05) is 26.5 Å². The van der Waals surface area contributed by atoms with E-state index in [1.165, 1.54) is 0 Å². The van der Waals surface area contributed by atoms with Crippen LogP contribution in [0, 0.1) is 13.8 Å². The average Bonchev–Trinajstić information content (AvgIpc) is 3.63. The fourth-order valence-corrected chi connectivity index (χ4v) is 6.53.